The van der Waals surface area contributed by atoms with Crippen molar-refractivity contribution >= 4 is 32.6 Å². The van der Waals surface area contributed by atoms with Crippen LogP contribution in [-0.4, -0.2) is 55.2 Å². The molecule has 1 aromatic heterocycles. The molecule has 6 heteroatoms. The van der Waals surface area contributed by atoms with Crippen LogP contribution in [0.15, 0.2) is 36.4 Å². The second-order valence-corrected chi connectivity index (χ2v) is 9.01. The van der Waals surface area contributed by atoms with E-state index < -0.39 is 0 Å². The Balaban J connectivity index is 1.61. The molecule has 0 radical (unpaired) electrons. The number of rotatable bonds is 6. The molecule has 1 fully saturated rings. The molecule has 1 amide bonds. The van der Waals surface area contributed by atoms with Crippen LogP contribution in [0.4, 0.5) is 5.13 Å². The molecule has 1 aliphatic rings. The van der Waals surface area contributed by atoms with Crippen molar-refractivity contribution in [1.29, 1.82) is 0 Å². The van der Waals surface area contributed by atoms with E-state index in [1.165, 1.54) is 5.56 Å². The van der Waals surface area contributed by atoms with Gasteiger partial charge in [0.2, 0.25) is 0 Å². The van der Waals surface area contributed by atoms with Crippen LogP contribution in [-0.2, 0) is 4.74 Å². The molecule has 5 nitrogen and oxygen atoms in total. The van der Waals surface area contributed by atoms with Crippen LogP contribution in [0.1, 0.15) is 33.5 Å². The van der Waals surface area contributed by atoms with Gasteiger partial charge in [0, 0.05) is 31.7 Å². The number of para-hydroxylation sites is 1. The molecule has 0 saturated carbocycles. The highest BCUT2D eigenvalue weighted by molar-refractivity contribution is 7.22. The van der Waals surface area contributed by atoms with Gasteiger partial charge in [0.25, 0.3) is 5.91 Å². The van der Waals surface area contributed by atoms with E-state index >= 15 is 0 Å². The van der Waals surface area contributed by atoms with Gasteiger partial charge >= 0.3 is 0 Å². The Labute approximate surface area is 182 Å². The summed E-state index contributed by atoms with van der Waals surface area (Å²) in [5, 5.41) is 0.784. The van der Waals surface area contributed by atoms with Gasteiger partial charge in [-0.05, 0) is 50.5 Å². The van der Waals surface area contributed by atoms with Crippen molar-refractivity contribution in [2.75, 3.05) is 44.3 Å². The van der Waals surface area contributed by atoms with Crippen LogP contribution in [0.5, 0.6) is 0 Å². The molecule has 0 N–H and O–H groups in total. The predicted octanol–water partition coefficient (Wildman–Crippen LogP) is 4.59. The van der Waals surface area contributed by atoms with Gasteiger partial charge in [0.05, 0.1) is 23.4 Å². The molecule has 0 atom stereocenters. The zero-order valence-corrected chi connectivity index (χ0v) is 18.8. The lowest BCUT2D eigenvalue weighted by Crippen LogP contribution is -2.39. The molecule has 0 bridgehead atoms. The third kappa shape index (κ3) is 4.56. The lowest BCUT2D eigenvalue weighted by Gasteiger charge is -2.28. The minimum absolute atomic E-state index is 0.0335. The molecular formula is C24H29N3O2S. The molecule has 0 unspecified atom stereocenters. The molecule has 3 aromatic rings. The van der Waals surface area contributed by atoms with Gasteiger partial charge in [-0.15, -0.1) is 0 Å². The Hall–Kier alpha value is -2.28. The summed E-state index contributed by atoms with van der Waals surface area (Å²) < 4.78 is 6.57. The van der Waals surface area contributed by atoms with Gasteiger partial charge < -0.3 is 4.74 Å². The van der Waals surface area contributed by atoms with Crippen molar-refractivity contribution in [3.05, 3.63) is 58.7 Å². The lowest BCUT2D eigenvalue weighted by molar-refractivity contribution is 0.0376. The van der Waals surface area contributed by atoms with E-state index in [2.05, 4.69) is 36.9 Å². The third-order valence-corrected chi connectivity index (χ3v) is 6.70. The highest BCUT2D eigenvalue weighted by Crippen LogP contribution is 2.32. The third-order valence-electron chi connectivity index (χ3n) is 5.66. The first-order valence-electron chi connectivity index (χ1n) is 10.6. The molecule has 30 heavy (non-hydrogen) atoms. The Morgan fingerprint density at radius 3 is 2.67 bits per heavy atom. The SMILES string of the molecule is Cc1ccc(C(=O)N(CCCN2CCOCC2)c2nc3c(C)cccc3s2)c(C)c1. The van der Waals surface area contributed by atoms with E-state index in [4.69, 9.17) is 9.72 Å². The van der Waals surface area contributed by atoms with Crippen LogP contribution in [0.2, 0.25) is 0 Å². The summed E-state index contributed by atoms with van der Waals surface area (Å²) in [5.41, 5.74) is 5.06. The molecule has 1 saturated heterocycles. The number of anilines is 1. The summed E-state index contributed by atoms with van der Waals surface area (Å²) in [4.78, 5) is 22.7. The lowest BCUT2D eigenvalue weighted by atomic mass is 10.0. The van der Waals surface area contributed by atoms with Gasteiger partial charge in [-0.1, -0.05) is 41.2 Å². The fourth-order valence-electron chi connectivity index (χ4n) is 3.95. The number of fused-ring (bicyclic) bond motifs is 1. The van der Waals surface area contributed by atoms with Gasteiger partial charge in [-0.3, -0.25) is 14.6 Å². The largest absolute Gasteiger partial charge is 0.379 e. The van der Waals surface area contributed by atoms with E-state index in [-0.39, 0.29) is 5.91 Å². The first-order valence-corrected chi connectivity index (χ1v) is 11.4. The Morgan fingerprint density at radius 1 is 1.13 bits per heavy atom. The van der Waals surface area contributed by atoms with Crippen molar-refractivity contribution in [2.24, 2.45) is 0 Å². The zero-order chi connectivity index (χ0) is 21.1. The monoisotopic (exact) mass is 423 g/mol. The maximum Gasteiger partial charge on any atom is 0.260 e. The number of carbonyl (C=O) groups is 1. The molecule has 158 valence electrons. The topological polar surface area (TPSA) is 45.7 Å². The van der Waals surface area contributed by atoms with Crippen molar-refractivity contribution in [3.63, 3.8) is 0 Å². The van der Waals surface area contributed by atoms with E-state index in [9.17, 15) is 4.79 Å². The number of thiazole rings is 1. The minimum Gasteiger partial charge on any atom is -0.379 e. The number of hydrogen-bond donors (Lipinski definition) is 0. The molecule has 1 aliphatic heterocycles. The van der Waals surface area contributed by atoms with E-state index in [0.717, 1.165) is 71.3 Å². The predicted molar refractivity (Wildman–Crippen MR) is 124 cm³/mol. The second kappa shape index (κ2) is 9.25. The molecule has 0 spiro atoms. The first-order chi connectivity index (χ1) is 14.5. The quantitative estimate of drug-likeness (QED) is 0.582. The number of aryl methyl sites for hydroxylation is 3. The fraction of sp³-hybridized carbons (Fsp3) is 0.417. The first kappa shape index (κ1) is 21.0. The zero-order valence-electron chi connectivity index (χ0n) is 18.0. The highest BCUT2D eigenvalue weighted by Gasteiger charge is 2.23. The van der Waals surface area contributed by atoms with E-state index in [1.807, 2.05) is 30.0 Å². The van der Waals surface area contributed by atoms with Gasteiger partial charge in [0.15, 0.2) is 5.13 Å². The number of carbonyl (C=O) groups excluding carboxylic acids is 1. The standard InChI is InChI=1S/C24H29N3O2S/c1-17-8-9-20(19(3)16-17)23(28)27(11-5-10-26-12-14-29-15-13-26)24-25-22-18(2)6-4-7-21(22)30-24/h4,6-9,16H,5,10-15H2,1-3H3. The normalized spacial score (nSPS) is 14.9. The van der Waals surface area contributed by atoms with Crippen molar-refractivity contribution in [1.82, 2.24) is 9.88 Å². The summed E-state index contributed by atoms with van der Waals surface area (Å²) in [6, 6.07) is 12.2. The van der Waals surface area contributed by atoms with Gasteiger partial charge in [0.1, 0.15) is 0 Å². The Kier molecular flexibility index (Phi) is 6.46. The Morgan fingerprint density at radius 2 is 1.93 bits per heavy atom. The summed E-state index contributed by atoms with van der Waals surface area (Å²) in [7, 11) is 0. The van der Waals surface area contributed by atoms with E-state index in [0.29, 0.717) is 6.54 Å². The van der Waals surface area contributed by atoms with Crippen LogP contribution in [0, 0.1) is 20.8 Å². The highest BCUT2D eigenvalue weighted by atomic mass is 32.1. The summed E-state index contributed by atoms with van der Waals surface area (Å²) in [6.45, 7) is 11.3. The Bertz CT molecular complexity index is 1040. The number of benzene rings is 2. The van der Waals surface area contributed by atoms with Crippen LogP contribution < -0.4 is 4.90 Å². The maximum atomic E-state index is 13.6. The summed E-state index contributed by atoms with van der Waals surface area (Å²) in [5.74, 6) is 0.0335. The molecule has 2 heterocycles. The average molecular weight is 424 g/mol. The fourth-order valence-corrected chi connectivity index (χ4v) is 5.02. The number of morpholine rings is 1. The number of nitrogens with zero attached hydrogens (tertiary/aromatic N) is 3. The van der Waals surface area contributed by atoms with E-state index in [1.54, 1.807) is 11.3 Å². The maximum absolute atomic E-state index is 13.6. The van der Waals surface area contributed by atoms with Gasteiger partial charge in [-0.2, -0.15) is 0 Å². The van der Waals surface area contributed by atoms with Crippen LogP contribution in [0.3, 0.4) is 0 Å². The number of ether oxygens (including phenoxy) is 1. The van der Waals surface area contributed by atoms with Crippen molar-refractivity contribution in [3.8, 4) is 0 Å². The van der Waals surface area contributed by atoms with Crippen molar-refractivity contribution < 1.29 is 9.53 Å². The molecule has 4 rings (SSSR count). The smallest absolute Gasteiger partial charge is 0.260 e. The molecule has 0 aliphatic carbocycles. The molecule has 2 aromatic carbocycles. The number of aromatic nitrogens is 1. The van der Waals surface area contributed by atoms with Gasteiger partial charge in [-0.25, -0.2) is 4.98 Å². The van der Waals surface area contributed by atoms with Crippen molar-refractivity contribution in [2.45, 2.75) is 27.2 Å². The molecular weight excluding hydrogens is 394 g/mol. The summed E-state index contributed by atoms with van der Waals surface area (Å²) >= 11 is 1.60. The number of amides is 1. The van der Waals surface area contributed by atoms with Crippen LogP contribution in [0.25, 0.3) is 10.2 Å². The second-order valence-electron chi connectivity index (χ2n) is 8.00. The number of hydrogen-bond acceptors (Lipinski definition) is 5. The average Bonchev–Trinajstić information content (AvgIpc) is 3.17. The minimum atomic E-state index is 0.0335. The summed E-state index contributed by atoms with van der Waals surface area (Å²) in [6.07, 6.45) is 0.908. The van der Waals surface area contributed by atoms with Crippen LogP contribution >= 0.6 is 11.3 Å².